The predicted molar refractivity (Wildman–Crippen MR) is 74.6 cm³/mol. The van der Waals surface area contributed by atoms with E-state index in [0.29, 0.717) is 0 Å². The van der Waals surface area contributed by atoms with Gasteiger partial charge in [-0.1, -0.05) is 13.8 Å². The molecule has 0 aliphatic rings. The first-order valence-corrected chi connectivity index (χ1v) is 7.15. The summed E-state index contributed by atoms with van der Waals surface area (Å²) in [5.74, 6) is 0. The Morgan fingerprint density at radius 2 is 2.11 bits per heavy atom. The van der Waals surface area contributed by atoms with E-state index < -0.39 is 0 Å². The van der Waals surface area contributed by atoms with E-state index in [-0.39, 0.29) is 12.1 Å². The van der Waals surface area contributed by atoms with Crippen molar-refractivity contribution in [1.82, 2.24) is 15.1 Å². The van der Waals surface area contributed by atoms with Crippen LogP contribution in [0.5, 0.6) is 0 Å². The van der Waals surface area contributed by atoms with Crippen molar-refractivity contribution in [1.29, 1.82) is 0 Å². The molecule has 4 heteroatoms. The first-order valence-electron chi connectivity index (χ1n) is 7.15. The molecule has 0 aliphatic carbocycles. The van der Waals surface area contributed by atoms with Crippen LogP contribution < -0.4 is 5.32 Å². The Morgan fingerprint density at radius 3 is 2.67 bits per heavy atom. The highest BCUT2D eigenvalue weighted by atomic mass is 16.5. The molecule has 1 heterocycles. The summed E-state index contributed by atoms with van der Waals surface area (Å²) in [6, 6.07) is 2.33. The van der Waals surface area contributed by atoms with E-state index >= 15 is 0 Å². The SMILES string of the molecule is CCCNC(c1ccnn1CC)C(CC)OCC. The number of hydrogen-bond donors (Lipinski definition) is 1. The van der Waals surface area contributed by atoms with E-state index in [4.69, 9.17) is 4.74 Å². The maximum Gasteiger partial charge on any atom is 0.0782 e. The molecule has 0 aromatic carbocycles. The Hall–Kier alpha value is -0.870. The van der Waals surface area contributed by atoms with Crippen LogP contribution in [0.25, 0.3) is 0 Å². The van der Waals surface area contributed by atoms with Crippen LogP contribution in [0, 0.1) is 0 Å². The number of aryl methyl sites for hydroxylation is 1. The summed E-state index contributed by atoms with van der Waals surface area (Å²) in [5.41, 5.74) is 1.23. The summed E-state index contributed by atoms with van der Waals surface area (Å²) in [6.07, 6.45) is 4.21. The summed E-state index contributed by atoms with van der Waals surface area (Å²) in [4.78, 5) is 0. The van der Waals surface area contributed by atoms with Gasteiger partial charge >= 0.3 is 0 Å². The minimum absolute atomic E-state index is 0.212. The van der Waals surface area contributed by atoms with E-state index in [2.05, 4.69) is 48.9 Å². The van der Waals surface area contributed by atoms with Crippen molar-refractivity contribution in [3.05, 3.63) is 18.0 Å². The standard InChI is InChI=1S/C14H27N3O/c1-5-10-15-14(13(6-2)18-8-4)12-9-11-16-17(12)7-3/h9,11,13-15H,5-8,10H2,1-4H3. The lowest BCUT2D eigenvalue weighted by atomic mass is 10.0. The molecule has 2 atom stereocenters. The van der Waals surface area contributed by atoms with Gasteiger partial charge in [0.25, 0.3) is 0 Å². The molecular formula is C14H27N3O. The first-order chi connectivity index (χ1) is 8.78. The maximum atomic E-state index is 5.87. The number of nitrogens with zero attached hydrogens (tertiary/aromatic N) is 2. The molecule has 0 bridgehead atoms. The summed E-state index contributed by atoms with van der Waals surface area (Å²) in [6.45, 7) is 11.2. The zero-order valence-corrected chi connectivity index (χ0v) is 12.1. The summed E-state index contributed by atoms with van der Waals surface area (Å²) >= 11 is 0. The van der Waals surface area contributed by atoms with Crippen molar-refractivity contribution in [3.8, 4) is 0 Å². The highest BCUT2D eigenvalue weighted by molar-refractivity contribution is 5.09. The lowest BCUT2D eigenvalue weighted by Gasteiger charge is -2.27. The molecule has 18 heavy (non-hydrogen) atoms. The zero-order chi connectivity index (χ0) is 13.4. The van der Waals surface area contributed by atoms with Gasteiger partial charge in [-0.25, -0.2) is 0 Å². The van der Waals surface area contributed by atoms with Gasteiger partial charge in [0.05, 0.1) is 17.8 Å². The highest BCUT2D eigenvalue weighted by Gasteiger charge is 2.24. The van der Waals surface area contributed by atoms with Crippen LogP contribution in [-0.2, 0) is 11.3 Å². The molecule has 0 saturated heterocycles. The average molecular weight is 253 g/mol. The predicted octanol–water partition coefficient (Wildman–Crippen LogP) is 2.76. The number of hydrogen-bond acceptors (Lipinski definition) is 3. The smallest absolute Gasteiger partial charge is 0.0782 e. The van der Waals surface area contributed by atoms with Gasteiger partial charge in [-0.05, 0) is 39.3 Å². The molecule has 4 nitrogen and oxygen atoms in total. The van der Waals surface area contributed by atoms with Crippen molar-refractivity contribution in [2.45, 2.75) is 59.2 Å². The van der Waals surface area contributed by atoms with Gasteiger partial charge < -0.3 is 10.1 Å². The molecule has 1 aromatic rings. The molecule has 104 valence electrons. The second kappa shape index (κ2) is 8.27. The van der Waals surface area contributed by atoms with Crippen LogP contribution in [0.2, 0.25) is 0 Å². The van der Waals surface area contributed by atoms with E-state index in [1.54, 1.807) is 0 Å². The molecule has 1 rings (SSSR count). The van der Waals surface area contributed by atoms with Gasteiger partial charge in [-0.3, -0.25) is 4.68 Å². The molecule has 0 amide bonds. The highest BCUT2D eigenvalue weighted by Crippen LogP contribution is 2.21. The number of rotatable bonds is 9. The third-order valence-corrected chi connectivity index (χ3v) is 3.14. The third kappa shape index (κ3) is 3.82. The normalized spacial score (nSPS) is 14.7. The Bertz CT molecular complexity index is 325. The van der Waals surface area contributed by atoms with E-state index in [1.807, 2.05) is 6.20 Å². The van der Waals surface area contributed by atoms with Gasteiger partial charge in [0.1, 0.15) is 0 Å². The lowest BCUT2D eigenvalue weighted by molar-refractivity contribution is 0.0292. The Balaban J connectivity index is 2.88. The second-order valence-corrected chi connectivity index (χ2v) is 4.41. The number of aromatic nitrogens is 2. The Labute approximate surface area is 111 Å². The Kier molecular flexibility index (Phi) is 6.98. The van der Waals surface area contributed by atoms with Gasteiger partial charge in [-0.15, -0.1) is 0 Å². The maximum absolute atomic E-state index is 5.87. The van der Waals surface area contributed by atoms with E-state index in [9.17, 15) is 0 Å². The molecule has 1 aromatic heterocycles. The van der Waals surface area contributed by atoms with Crippen LogP contribution in [0.3, 0.4) is 0 Å². The minimum atomic E-state index is 0.212. The molecule has 0 fully saturated rings. The molecule has 0 saturated carbocycles. The number of ether oxygens (including phenoxy) is 1. The van der Waals surface area contributed by atoms with Crippen LogP contribution in [-0.4, -0.2) is 29.0 Å². The van der Waals surface area contributed by atoms with Crippen molar-refractivity contribution < 1.29 is 4.74 Å². The summed E-state index contributed by atoms with van der Waals surface area (Å²) < 4.78 is 7.92. The van der Waals surface area contributed by atoms with Crippen LogP contribution in [0.1, 0.15) is 52.3 Å². The third-order valence-electron chi connectivity index (χ3n) is 3.14. The van der Waals surface area contributed by atoms with Gasteiger partial charge in [0.15, 0.2) is 0 Å². The molecular weight excluding hydrogens is 226 g/mol. The van der Waals surface area contributed by atoms with Crippen LogP contribution in [0.4, 0.5) is 0 Å². The molecule has 2 unspecified atom stereocenters. The monoisotopic (exact) mass is 253 g/mol. The lowest BCUT2D eigenvalue weighted by Crippen LogP contribution is -2.35. The average Bonchev–Trinajstić information content (AvgIpc) is 2.86. The van der Waals surface area contributed by atoms with Gasteiger partial charge in [-0.2, -0.15) is 5.10 Å². The minimum Gasteiger partial charge on any atom is -0.376 e. The fourth-order valence-electron chi connectivity index (χ4n) is 2.26. The second-order valence-electron chi connectivity index (χ2n) is 4.41. The quantitative estimate of drug-likeness (QED) is 0.735. The molecule has 0 spiro atoms. The Morgan fingerprint density at radius 1 is 1.33 bits per heavy atom. The van der Waals surface area contributed by atoms with Crippen molar-refractivity contribution in [2.75, 3.05) is 13.2 Å². The van der Waals surface area contributed by atoms with Crippen LogP contribution >= 0.6 is 0 Å². The van der Waals surface area contributed by atoms with Crippen molar-refractivity contribution in [2.24, 2.45) is 0 Å². The number of nitrogens with one attached hydrogen (secondary N) is 1. The largest absolute Gasteiger partial charge is 0.376 e. The van der Waals surface area contributed by atoms with E-state index in [0.717, 1.165) is 32.5 Å². The topological polar surface area (TPSA) is 39.1 Å². The van der Waals surface area contributed by atoms with E-state index in [1.165, 1.54) is 5.69 Å². The fraction of sp³-hybridized carbons (Fsp3) is 0.786. The van der Waals surface area contributed by atoms with Gasteiger partial charge in [0.2, 0.25) is 0 Å². The fourth-order valence-corrected chi connectivity index (χ4v) is 2.26. The van der Waals surface area contributed by atoms with Gasteiger partial charge in [0, 0.05) is 19.3 Å². The first kappa shape index (κ1) is 15.2. The van der Waals surface area contributed by atoms with Crippen molar-refractivity contribution >= 4 is 0 Å². The molecule has 0 aliphatic heterocycles. The van der Waals surface area contributed by atoms with Crippen molar-refractivity contribution in [3.63, 3.8) is 0 Å². The zero-order valence-electron chi connectivity index (χ0n) is 12.1. The van der Waals surface area contributed by atoms with Crippen LogP contribution in [0.15, 0.2) is 12.3 Å². The molecule has 1 N–H and O–H groups in total. The summed E-state index contributed by atoms with van der Waals surface area (Å²) in [5, 5.41) is 7.96. The summed E-state index contributed by atoms with van der Waals surface area (Å²) in [7, 11) is 0. The molecule has 0 radical (unpaired) electrons.